The molecule has 0 bridgehead atoms. The van der Waals surface area contributed by atoms with Crippen LogP contribution in [0.1, 0.15) is 45.7 Å². The Morgan fingerprint density at radius 2 is 2.00 bits per heavy atom. The number of rotatable bonds is 4. The average Bonchev–Trinajstić information content (AvgIpc) is 3.20. The minimum absolute atomic E-state index is 0.221. The number of hydrogen-bond acceptors (Lipinski definition) is 4. The maximum absolute atomic E-state index is 12.9. The van der Waals surface area contributed by atoms with Gasteiger partial charge in [0.15, 0.2) is 0 Å². The van der Waals surface area contributed by atoms with Gasteiger partial charge in [-0.1, -0.05) is 30.4 Å². The fourth-order valence-electron chi connectivity index (χ4n) is 3.72. The van der Waals surface area contributed by atoms with Crippen molar-refractivity contribution in [2.75, 3.05) is 25.5 Å². The molecule has 0 saturated carbocycles. The molecule has 0 spiro atoms. The summed E-state index contributed by atoms with van der Waals surface area (Å²) in [5.41, 5.74) is 3.13. The lowest BCUT2D eigenvalue weighted by Crippen LogP contribution is -2.19. The van der Waals surface area contributed by atoms with Gasteiger partial charge in [-0.25, -0.2) is 4.98 Å². The third kappa shape index (κ3) is 5.88. The molecule has 1 unspecified atom stereocenters. The van der Waals surface area contributed by atoms with Crippen LogP contribution >= 0.6 is 0 Å². The first-order chi connectivity index (χ1) is 16.1. The van der Waals surface area contributed by atoms with E-state index in [1.807, 2.05) is 30.3 Å². The summed E-state index contributed by atoms with van der Waals surface area (Å²) in [5.74, 6) is 6.50. The van der Waals surface area contributed by atoms with Crippen molar-refractivity contribution in [3.63, 3.8) is 0 Å². The molecule has 0 aliphatic carbocycles. The average molecular weight is 442 g/mol. The van der Waals surface area contributed by atoms with Crippen LogP contribution in [0.4, 0.5) is 5.69 Å². The zero-order valence-electron chi connectivity index (χ0n) is 18.6. The van der Waals surface area contributed by atoms with Crippen LogP contribution < -0.4 is 16.0 Å². The van der Waals surface area contributed by atoms with E-state index in [1.165, 1.54) is 12.8 Å². The van der Waals surface area contributed by atoms with Gasteiger partial charge in [0.1, 0.15) is 12.0 Å². The van der Waals surface area contributed by atoms with Crippen LogP contribution in [0.5, 0.6) is 0 Å². The van der Waals surface area contributed by atoms with Crippen LogP contribution in [0.2, 0.25) is 0 Å². The molecule has 1 aliphatic heterocycles. The second-order valence-corrected chi connectivity index (χ2v) is 8.00. The van der Waals surface area contributed by atoms with Gasteiger partial charge in [-0.2, -0.15) is 0 Å². The normalized spacial score (nSPS) is 15.6. The molecule has 2 aromatic carbocycles. The van der Waals surface area contributed by atoms with E-state index in [4.69, 9.17) is 0 Å². The van der Waals surface area contributed by atoms with Gasteiger partial charge in [0.2, 0.25) is 0 Å². The lowest BCUT2D eigenvalue weighted by molar-refractivity contribution is 0.0957. The number of nitrogens with one attached hydrogen (secondary N) is 3. The van der Waals surface area contributed by atoms with E-state index in [9.17, 15) is 9.59 Å². The zero-order chi connectivity index (χ0) is 23.0. The van der Waals surface area contributed by atoms with Gasteiger partial charge in [-0.3, -0.25) is 9.59 Å². The third-order valence-corrected chi connectivity index (χ3v) is 5.54. The summed E-state index contributed by atoms with van der Waals surface area (Å²) < 4.78 is 1.71. The van der Waals surface area contributed by atoms with Crippen molar-refractivity contribution < 1.29 is 9.59 Å². The smallest absolute Gasteiger partial charge is 0.271 e. The van der Waals surface area contributed by atoms with Gasteiger partial charge in [0.05, 0.1) is 0 Å². The molecule has 33 heavy (non-hydrogen) atoms. The lowest BCUT2D eigenvalue weighted by Gasteiger charge is -2.08. The van der Waals surface area contributed by atoms with Crippen LogP contribution in [0.15, 0.2) is 61.1 Å². The Bertz CT molecular complexity index is 1200. The van der Waals surface area contributed by atoms with Crippen molar-refractivity contribution in [3.8, 4) is 17.5 Å². The van der Waals surface area contributed by atoms with Gasteiger partial charge < -0.3 is 20.5 Å². The Balaban J connectivity index is 1.45. The van der Waals surface area contributed by atoms with Crippen LogP contribution in [0.25, 0.3) is 5.69 Å². The molecular formula is C26H27N5O2. The molecule has 168 valence electrons. The van der Waals surface area contributed by atoms with E-state index >= 15 is 0 Å². The number of amides is 2. The SMILES string of the molecule is CNC(=O)c1cn(-c2cccc(C(=O)Nc3cccc(C#CC4CCCCNC4)c3)c2)cn1. The summed E-state index contributed by atoms with van der Waals surface area (Å²) >= 11 is 0. The summed E-state index contributed by atoms with van der Waals surface area (Å²) in [6.07, 6.45) is 6.70. The second-order valence-electron chi connectivity index (χ2n) is 8.00. The Morgan fingerprint density at radius 1 is 1.12 bits per heavy atom. The molecule has 0 radical (unpaired) electrons. The van der Waals surface area contributed by atoms with Crippen molar-refractivity contribution in [2.45, 2.75) is 19.3 Å². The molecule has 1 saturated heterocycles. The van der Waals surface area contributed by atoms with E-state index in [1.54, 1.807) is 42.3 Å². The molecule has 2 amide bonds. The quantitative estimate of drug-likeness (QED) is 0.543. The number of nitrogens with zero attached hydrogens (tertiary/aromatic N) is 2. The van der Waals surface area contributed by atoms with Crippen LogP contribution in [-0.2, 0) is 0 Å². The monoisotopic (exact) mass is 441 g/mol. The van der Waals surface area contributed by atoms with Crippen molar-refractivity contribution >= 4 is 17.5 Å². The molecule has 4 rings (SSSR count). The molecule has 1 aliphatic rings. The first-order valence-electron chi connectivity index (χ1n) is 11.1. The van der Waals surface area contributed by atoms with E-state index < -0.39 is 0 Å². The third-order valence-electron chi connectivity index (χ3n) is 5.54. The summed E-state index contributed by atoms with van der Waals surface area (Å²) in [6, 6.07) is 14.8. The fraction of sp³-hybridized carbons (Fsp3) is 0.269. The first-order valence-corrected chi connectivity index (χ1v) is 11.1. The Kier molecular flexibility index (Phi) is 7.18. The number of carbonyl (C=O) groups is 2. The largest absolute Gasteiger partial charge is 0.354 e. The maximum Gasteiger partial charge on any atom is 0.271 e. The van der Waals surface area contributed by atoms with Crippen molar-refractivity contribution in [1.82, 2.24) is 20.2 Å². The lowest BCUT2D eigenvalue weighted by atomic mass is 10.0. The summed E-state index contributed by atoms with van der Waals surface area (Å²) in [5, 5.41) is 8.93. The molecule has 7 nitrogen and oxygen atoms in total. The van der Waals surface area contributed by atoms with Crippen molar-refractivity contribution in [2.24, 2.45) is 5.92 Å². The molecular weight excluding hydrogens is 414 g/mol. The van der Waals surface area contributed by atoms with Gasteiger partial charge in [-0.15, -0.1) is 0 Å². The maximum atomic E-state index is 12.9. The first kappa shape index (κ1) is 22.3. The minimum Gasteiger partial charge on any atom is -0.354 e. The number of benzene rings is 2. The van der Waals surface area contributed by atoms with E-state index in [-0.39, 0.29) is 11.8 Å². The number of imidazole rings is 1. The number of hydrogen-bond donors (Lipinski definition) is 3. The topological polar surface area (TPSA) is 88.0 Å². The molecule has 1 aromatic heterocycles. The second kappa shape index (κ2) is 10.6. The predicted molar refractivity (Wildman–Crippen MR) is 128 cm³/mol. The minimum atomic E-state index is -0.263. The van der Waals surface area contributed by atoms with E-state index in [0.29, 0.717) is 22.9 Å². The van der Waals surface area contributed by atoms with Crippen LogP contribution in [0.3, 0.4) is 0 Å². The van der Waals surface area contributed by atoms with Crippen molar-refractivity contribution in [3.05, 3.63) is 77.9 Å². The van der Waals surface area contributed by atoms with Gasteiger partial charge in [0, 0.05) is 48.2 Å². The number of anilines is 1. The molecule has 1 atom stereocenters. The Labute approximate surface area is 193 Å². The van der Waals surface area contributed by atoms with Crippen molar-refractivity contribution in [1.29, 1.82) is 0 Å². The summed E-state index contributed by atoms with van der Waals surface area (Å²) in [7, 11) is 1.56. The Hall–Kier alpha value is -3.89. The highest BCUT2D eigenvalue weighted by molar-refractivity contribution is 6.04. The summed E-state index contributed by atoms with van der Waals surface area (Å²) in [6.45, 7) is 2.00. The molecule has 1 fully saturated rings. The highest BCUT2D eigenvalue weighted by Gasteiger charge is 2.11. The van der Waals surface area contributed by atoms with E-state index in [2.05, 4.69) is 32.8 Å². The fourth-order valence-corrected chi connectivity index (χ4v) is 3.72. The van der Waals surface area contributed by atoms with Gasteiger partial charge in [0.25, 0.3) is 11.8 Å². The molecule has 2 heterocycles. The molecule has 3 aromatic rings. The highest BCUT2D eigenvalue weighted by Crippen LogP contribution is 2.16. The standard InChI is InChI=1S/C26H27N5O2/c1-27-26(33)24-17-31(18-29-24)23-10-5-8-21(15-23)25(32)30-22-9-4-7-19(14-22)11-12-20-6-2-3-13-28-16-20/h4-5,7-10,14-15,17-18,20,28H,2-3,6,13,16H2,1H3,(H,27,33)(H,30,32). The Morgan fingerprint density at radius 3 is 2.88 bits per heavy atom. The number of aromatic nitrogens is 2. The van der Waals surface area contributed by atoms with Crippen LogP contribution in [0, 0.1) is 17.8 Å². The summed E-state index contributed by atoms with van der Waals surface area (Å²) in [4.78, 5) is 28.7. The molecule has 7 heteroatoms. The highest BCUT2D eigenvalue weighted by atomic mass is 16.2. The predicted octanol–water partition coefficient (Wildman–Crippen LogP) is 3.23. The van der Waals surface area contributed by atoms with Gasteiger partial charge in [-0.05, 0) is 55.8 Å². The molecule has 3 N–H and O–H groups in total. The van der Waals surface area contributed by atoms with Crippen LogP contribution in [-0.4, -0.2) is 41.5 Å². The van der Waals surface area contributed by atoms with Gasteiger partial charge >= 0.3 is 0 Å². The number of carbonyl (C=O) groups excluding carboxylic acids is 2. The zero-order valence-corrected chi connectivity index (χ0v) is 18.6. The van der Waals surface area contributed by atoms with E-state index in [0.717, 1.165) is 30.8 Å².